The predicted molar refractivity (Wildman–Crippen MR) is 53.2 cm³/mol. The molecular weight excluding hydrogens is 160 g/mol. The molecule has 2 heteroatoms. The molecule has 1 aliphatic rings. The number of hydrogen-bond acceptors (Lipinski definition) is 2. The highest BCUT2D eigenvalue weighted by Gasteiger charge is 2.19. The quantitative estimate of drug-likeness (QED) is 0.594. The SMILES string of the molecule is SCC1CCCC(CS)C1. The monoisotopic (exact) mass is 176 g/mol. The Morgan fingerprint density at radius 1 is 1.00 bits per heavy atom. The number of hydrogen-bond donors (Lipinski definition) is 2. The minimum Gasteiger partial charge on any atom is -0.179 e. The molecule has 0 spiro atoms. The fourth-order valence-corrected chi connectivity index (χ4v) is 2.40. The summed E-state index contributed by atoms with van der Waals surface area (Å²) >= 11 is 8.64. The highest BCUT2D eigenvalue weighted by molar-refractivity contribution is 7.80. The Kier molecular flexibility index (Phi) is 4.00. The van der Waals surface area contributed by atoms with Crippen LogP contribution in [0.15, 0.2) is 0 Å². The third-order valence-electron chi connectivity index (χ3n) is 2.41. The summed E-state index contributed by atoms with van der Waals surface area (Å²) in [5.41, 5.74) is 0. The molecule has 0 bridgehead atoms. The van der Waals surface area contributed by atoms with E-state index >= 15 is 0 Å². The molecule has 0 heterocycles. The zero-order valence-electron chi connectivity index (χ0n) is 6.29. The van der Waals surface area contributed by atoms with Crippen molar-refractivity contribution in [2.75, 3.05) is 11.5 Å². The van der Waals surface area contributed by atoms with Crippen molar-refractivity contribution in [1.82, 2.24) is 0 Å². The fourth-order valence-electron chi connectivity index (χ4n) is 1.73. The van der Waals surface area contributed by atoms with Crippen LogP contribution in [0.2, 0.25) is 0 Å². The van der Waals surface area contributed by atoms with Crippen molar-refractivity contribution in [3.8, 4) is 0 Å². The van der Waals surface area contributed by atoms with E-state index in [0.29, 0.717) is 0 Å². The molecule has 0 N–H and O–H groups in total. The van der Waals surface area contributed by atoms with Crippen molar-refractivity contribution < 1.29 is 0 Å². The third kappa shape index (κ3) is 2.39. The largest absolute Gasteiger partial charge is 0.179 e. The summed E-state index contributed by atoms with van der Waals surface area (Å²) in [6.07, 6.45) is 5.56. The Labute approximate surface area is 74.6 Å². The molecule has 1 aliphatic carbocycles. The van der Waals surface area contributed by atoms with Crippen molar-refractivity contribution >= 4 is 25.3 Å². The topological polar surface area (TPSA) is 0 Å². The predicted octanol–water partition coefficient (Wildman–Crippen LogP) is 2.65. The van der Waals surface area contributed by atoms with Gasteiger partial charge in [0.1, 0.15) is 0 Å². The van der Waals surface area contributed by atoms with Crippen molar-refractivity contribution in [2.45, 2.75) is 25.7 Å². The van der Waals surface area contributed by atoms with Crippen LogP contribution in [0.4, 0.5) is 0 Å². The summed E-state index contributed by atoms with van der Waals surface area (Å²) in [5.74, 6) is 3.91. The van der Waals surface area contributed by atoms with E-state index in [-0.39, 0.29) is 0 Å². The highest BCUT2D eigenvalue weighted by atomic mass is 32.1. The van der Waals surface area contributed by atoms with Crippen LogP contribution in [0.25, 0.3) is 0 Å². The van der Waals surface area contributed by atoms with Gasteiger partial charge in [0.05, 0.1) is 0 Å². The maximum absolute atomic E-state index is 4.32. The lowest BCUT2D eigenvalue weighted by Crippen LogP contribution is -2.17. The first kappa shape index (κ1) is 8.79. The standard InChI is InChI=1S/C8H16S2/c9-5-7-2-1-3-8(4-7)6-10/h7-10H,1-6H2. The first-order chi connectivity index (χ1) is 4.86. The first-order valence-corrected chi connectivity index (χ1v) is 5.35. The van der Waals surface area contributed by atoms with Gasteiger partial charge in [0.2, 0.25) is 0 Å². The van der Waals surface area contributed by atoms with E-state index < -0.39 is 0 Å². The van der Waals surface area contributed by atoms with Crippen LogP contribution in [-0.4, -0.2) is 11.5 Å². The second kappa shape index (κ2) is 4.55. The number of thiol groups is 2. The van der Waals surface area contributed by atoms with Gasteiger partial charge in [0, 0.05) is 0 Å². The second-order valence-electron chi connectivity index (χ2n) is 3.26. The van der Waals surface area contributed by atoms with Crippen molar-refractivity contribution in [3.05, 3.63) is 0 Å². The Morgan fingerprint density at radius 2 is 1.50 bits per heavy atom. The van der Waals surface area contributed by atoms with Crippen LogP contribution < -0.4 is 0 Å². The van der Waals surface area contributed by atoms with Crippen LogP contribution >= 0.6 is 25.3 Å². The average Bonchev–Trinajstić information content (AvgIpc) is 2.05. The Morgan fingerprint density at radius 3 is 1.90 bits per heavy atom. The van der Waals surface area contributed by atoms with Gasteiger partial charge >= 0.3 is 0 Å². The molecule has 0 saturated heterocycles. The summed E-state index contributed by atoms with van der Waals surface area (Å²) in [4.78, 5) is 0. The molecule has 0 aliphatic heterocycles. The summed E-state index contributed by atoms with van der Waals surface area (Å²) in [6, 6.07) is 0. The summed E-state index contributed by atoms with van der Waals surface area (Å²) in [6.45, 7) is 0. The zero-order valence-corrected chi connectivity index (χ0v) is 8.08. The van der Waals surface area contributed by atoms with E-state index in [1.54, 1.807) is 0 Å². The van der Waals surface area contributed by atoms with Gasteiger partial charge in [0.15, 0.2) is 0 Å². The molecule has 0 aromatic carbocycles. The molecule has 0 nitrogen and oxygen atoms in total. The van der Waals surface area contributed by atoms with Gasteiger partial charge in [-0.25, -0.2) is 0 Å². The van der Waals surface area contributed by atoms with E-state index in [0.717, 1.165) is 23.3 Å². The number of rotatable bonds is 2. The van der Waals surface area contributed by atoms with Crippen LogP contribution in [-0.2, 0) is 0 Å². The van der Waals surface area contributed by atoms with Gasteiger partial charge in [-0.05, 0) is 42.6 Å². The van der Waals surface area contributed by atoms with Crippen molar-refractivity contribution in [2.24, 2.45) is 11.8 Å². The van der Waals surface area contributed by atoms with E-state index in [4.69, 9.17) is 0 Å². The molecule has 1 fully saturated rings. The average molecular weight is 176 g/mol. The van der Waals surface area contributed by atoms with Crippen LogP contribution in [0.5, 0.6) is 0 Å². The molecule has 2 atom stereocenters. The zero-order chi connectivity index (χ0) is 7.40. The van der Waals surface area contributed by atoms with E-state index in [9.17, 15) is 0 Å². The summed E-state index contributed by atoms with van der Waals surface area (Å²) < 4.78 is 0. The van der Waals surface area contributed by atoms with Gasteiger partial charge in [0.25, 0.3) is 0 Å². The van der Waals surface area contributed by atoms with Gasteiger partial charge in [-0.15, -0.1) is 0 Å². The van der Waals surface area contributed by atoms with Gasteiger partial charge in [-0.2, -0.15) is 25.3 Å². The molecule has 0 radical (unpaired) electrons. The minimum absolute atomic E-state index is 0.884. The molecule has 1 rings (SSSR count). The molecule has 1 saturated carbocycles. The van der Waals surface area contributed by atoms with E-state index in [1.165, 1.54) is 25.7 Å². The Hall–Kier alpha value is 0.700. The van der Waals surface area contributed by atoms with E-state index in [1.807, 2.05) is 0 Å². The lowest BCUT2D eigenvalue weighted by Gasteiger charge is -2.26. The normalized spacial score (nSPS) is 34.2. The van der Waals surface area contributed by atoms with Gasteiger partial charge < -0.3 is 0 Å². The highest BCUT2D eigenvalue weighted by Crippen LogP contribution is 2.29. The third-order valence-corrected chi connectivity index (χ3v) is 3.44. The van der Waals surface area contributed by atoms with Crippen LogP contribution in [0, 0.1) is 11.8 Å². The Balaban J connectivity index is 2.25. The fraction of sp³-hybridized carbons (Fsp3) is 1.00. The van der Waals surface area contributed by atoms with Gasteiger partial charge in [-0.3, -0.25) is 0 Å². The molecule has 2 unspecified atom stereocenters. The van der Waals surface area contributed by atoms with Crippen molar-refractivity contribution in [1.29, 1.82) is 0 Å². The summed E-state index contributed by atoms with van der Waals surface area (Å²) in [5, 5.41) is 0. The second-order valence-corrected chi connectivity index (χ2v) is 3.99. The minimum atomic E-state index is 0.884. The van der Waals surface area contributed by atoms with Crippen molar-refractivity contribution in [3.63, 3.8) is 0 Å². The molecule has 0 aromatic heterocycles. The van der Waals surface area contributed by atoms with Crippen LogP contribution in [0.1, 0.15) is 25.7 Å². The Bertz CT molecular complexity index is 83.3. The molecule has 0 aromatic rings. The summed E-state index contributed by atoms with van der Waals surface area (Å²) in [7, 11) is 0. The van der Waals surface area contributed by atoms with E-state index in [2.05, 4.69) is 25.3 Å². The first-order valence-electron chi connectivity index (χ1n) is 4.08. The van der Waals surface area contributed by atoms with Crippen LogP contribution in [0.3, 0.4) is 0 Å². The lowest BCUT2D eigenvalue weighted by molar-refractivity contribution is 0.310. The molecule has 60 valence electrons. The lowest BCUT2D eigenvalue weighted by atomic mass is 9.83. The molecular formula is C8H16S2. The smallest absolute Gasteiger partial charge is 0.00694 e. The maximum atomic E-state index is 4.32. The molecule has 0 amide bonds. The maximum Gasteiger partial charge on any atom is -0.00694 e. The van der Waals surface area contributed by atoms with Gasteiger partial charge in [-0.1, -0.05) is 6.42 Å². The molecule has 10 heavy (non-hydrogen) atoms.